The monoisotopic (exact) mass is 306 g/mol. The summed E-state index contributed by atoms with van der Waals surface area (Å²) in [7, 11) is 4.31. The fourth-order valence-corrected chi connectivity index (χ4v) is 4.07. The summed E-state index contributed by atoms with van der Waals surface area (Å²) in [6.07, 6.45) is 2.22. The number of rotatable bonds is 2. The fraction of sp³-hybridized carbons (Fsp3) is 0.350. The summed E-state index contributed by atoms with van der Waals surface area (Å²) in [5.74, 6) is 0.588. The first-order chi connectivity index (χ1) is 11.1. The van der Waals surface area contributed by atoms with E-state index in [0.29, 0.717) is 12.0 Å². The van der Waals surface area contributed by atoms with Crippen LogP contribution in [-0.2, 0) is 6.42 Å². The summed E-state index contributed by atoms with van der Waals surface area (Å²) in [6, 6.07) is 16.6. The molecular formula is C20H22N2O. The molecule has 2 aliphatic rings. The van der Waals surface area contributed by atoms with Gasteiger partial charge >= 0.3 is 0 Å². The van der Waals surface area contributed by atoms with Crippen LogP contribution in [0, 0.1) is 0 Å². The number of hydrogen-bond donors (Lipinski definition) is 0. The third-order valence-corrected chi connectivity index (χ3v) is 5.28. The largest absolute Gasteiger partial charge is 0.307 e. The lowest BCUT2D eigenvalue weighted by Crippen LogP contribution is -2.36. The molecule has 3 nitrogen and oxygen atoms in total. The minimum absolute atomic E-state index is 0.120. The summed E-state index contributed by atoms with van der Waals surface area (Å²) < 4.78 is 0. The Labute approximate surface area is 137 Å². The topological polar surface area (TPSA) is 23.6 Å². The molecule has 0 saturated heterocycles. The van der Waals surface area contributed by atoms with Crippen molar-refractivity contribution in [2.75, 3.05) is 25.5 Å². The quantitative estimate of drug-likeness (QED) is 0.850. The Bertz CT molecular complexity index is 739. The zero-order valence-electron chi connectivity index (χ0n) is 13.7. The molecule has 1 aliphatic carbocycles. The maximum atomic E-state index is 12.9. The molecule has 4 rings (SSSR count). The minimum Gasteiger partial charge on any atom is -0.307 e. The van der Waals surface area contributed by atoms with Crippen LogP contribution in [0.5, 0.6) is 0 Å². The van der Waals surface area contributed by atoms with Crippen LogP contribution in [0.3, 0.4) is 0 Å². The van der Waals surface area contributed by atoms with Crippen LogP contribution < -0.4 is 4.90 Å². The Hall–Kier alpha value is -2.13. The van der Waals surface area contributed by atoms with Gasteiger partial charge in [-0.3, -0.25) is 4.79 Å². The van der Waals surface area contributed by atoms with Crippen molar-refractivity contribution in [1.29, 1.82) is 0 Å². The number of benzene rings is 2. The van der Waals surface area contributed by atoms with E-state index in [1.807, 2.05) is 35.2 Å². The first-order valence-corrected chi connectivity index (χ1v) is 8.30. The van der Waals surface area contributed by atoms with Gasteiger partial charge in [-0.25, -0.2) is 0 Å². The van der Waals surface area contributed by atoms with E-state index < -0.39 is 0 Å². The number of carbonyl (C=O) groups excluding carboxylic acids is 1. The summed E-state index contributed by atoms with van der Waals surface area (Å²) in [6.45, 7) is 0.810. The van der Waals surface area contributed by atoms with Gasteiger partial charge in [-0.15, -0.1) is 0 Å². The van der Waals surface area contributed by atoms with Gasteiger partial charge < -0.3 is 9.80 Å². The lowest BCUT2D eigenvalue weighted by molar-refractivity contribution is 0.0987. The fourth-order valence-electron chi connectivity index (χ4n) is 4.07. The highest BCUT2D eigenvalue weighted by atomic mass is 16.2. The van der Waals surface area contributed by atoms with Gasteiger partial charge in [0.25, 0.3) is 5.91 Å². The number of anilines is 1. The van der Waals surface area contributed by atoms with Crippen molar-refractivity contribution in [1.82, 2.24) is 4.90 Å². The summed E-state index contributed by atoms with van der Waals surface area (Å²) >= 11 is 0. The average Bonchev–Trinajstić information content (AvgIpc) is 2.95. The highest BCUT2D eigenvalue weighted by Gasteiger charge is 2.39. The van der Waals surface area contributed by atoms with Gasteiger partial charge in [0.2, 0.25) is 0 Å². The minimum atomic E-state index is 0.120. The second-order valence-corrected chi connectivity index (χ2v) is 6.89. The highest BCUT2D eigenvalue weighted by molar-refractivity contribution is 6.07. The number of amides is 1. The normalized spacial score (nSPS) is 22.3. The molecule has 2 aromatic rings. The molecule has 2 atom stereocenters. The van der Waals surface area contributed by atoms with Crippen molar-refractivity contribution in [3.05, 3.63) is 65.2 Å². The lowest BCUT2D eigenvalue weighted by Gasteiger charge is -2.32. The van der Waals surface area contributed by atoms with E-state index in [-0.39, 0.29) is 5.91 Å². The van der Waals surface area contributed by atoms with Gasteiger partial charge in [0.1, 0.15) is 0 Å². The molecule has 0 bridgehead atoms. The van der Waals surface area contributed by atoms with E-state index >= 15 is 0 Å². The number of likely N-dealkylation sites (N-methyl/N-ethyl adjacent to an activating group) is 1. The molecule has 0 N–H and O–H groups in total. The summed E-state index contributed by atoms with van der Waals surface area (Å²) in [5.41, 5.74) is 4.72. The number of hydrogen-bond acceptors (Lipinski definition) is 2. The molecule has 1 aliphatic heterocycles. The van der Waals surface area contributed by atoms with Crippen molar-refractivity contribution in [3.63, 3.8) is 0 Å². The first kappa shape index (κ1) is 14.5. The maximum Gasteiger partial charge on any atom is 0.258 e. The Morgan fingerprint density at radius 2 is 1.87 bits per heavy atom. The van der Waals surface area contributed by atoms with Crippen LogP contribution in [0.1, 0.15) is 33.8 Å². The third kappa shape index (κ3) is 2.36. The van der Waals surface area contributed by atoms with Gasteiger partial charge in [0, 0.05) is 29.8 Å². The maximum absolute atomic E-state index is 12.9. The Morgan fingerprint density at radius 3 is 2.61 bits per heavy atom. The second-order valence-electron chi connectivity index (χ2n) is 6.89. The van der Waals surface area contributed by atoms with Gasteiger partial charge in [-0.1, -0.05) is 30.3 Å². The third-order valence-electron chi connectivity index (χ3n) is 5.28. The van der Waals surface area contributed by atoms with E-state index in [2.05, 4.69) is 37.2 Å². The van der Waals surface area contributed by atoms with Crippen molar-refractivity contribution in [2.24, 2.45) is 0 Å². The molecule has 0 spiro atoms. The average molecular weight is 306 g/mol. The van der Waals surface area contributed by atoms with Crippen LogP contribution in [0.2, 0.25) is 0 Å². The van der Waals surface area contributed by atoms with E-state index in [4.69, 9.17) is 0 Å². The van der Waals surface area contributed by atoms with Crippen molar-refractivity contribution in [3.8, 4) is 0 Å². The predicted molar refractivity (Wildman–Crippen MR) is 93.1 cm³/mol. The highest BCUT2D eigenvalue weighted by Crippen LogP contribution is 2.45. The molecule has 0 radical (unpaired) electrons. The van der Waals surface area contributed by atoms with E-state index in [1.54, 1.807) is 0 Å². The van der Waals surface area contributed by atoms with Crippen LogP contribution >= 0.6 is 0 Å². The van der Waals surface area contributed by atoms with Gasteiger partial charge in [-0.2, -0.15) is 0 Å². The van der Waals surface area contributed by atoms with Crippen molar-refractivity contribution >= 4 is 11.6 Å². The summed E-state index contributed by atoms with van der Waals surface area (Å²) in [5, 5.41) is 0. The first-order valence-electron chi connectivity index (χ1n) is 8.30. The Kier molecular flexibility index (Phi) is 3.46. The van der Waals surface area contributed by atoms with E-state index in [1.165, 1.54) is 11.1 Å². The molecule has 0 aromatic heterocycles. The molecule has 0 fully saturated rings. The predicted octanol–water partition coefficient (Wildman–Crippen LogP) is 3.31. The Morgan fingerprint density at radius 1 is 1.09 bits per heavy atom. The molecule has 118 valence electrons. The molecule has 1 amide bonds. The summed E-state index contributed by atoms with van der Waals surface area (Å²) in [4.78, 5) is 17.2. The zero-order valence-corrected chi connectivity index (χ0v) is 13.7. The molecular weight excluding hydrogens is 284 g/mol. The molecule has 23 heavy (non-hydrogen) atoms. The van der Waals surface area contributed by atoms with Gasteiger partial charge in [0.05, 0.1) is 0 Å². The zero-order chi connectivity index (χ0) is 16.0. The van der Waals surface area contributed by atoms with Gasteiger partial charge in [-0.05, 0) is 56.3 Å². The molecule has 3 heteroatoms. The smallest absolute Gasteiger partial charge is 0.258 e. The molecule has 0 saturated carbocycles. The van der Waals surface area contributed by atoms with Crippen LogP contribution in [0.15, 0.2) is 48.5 Å². The van der Waals surface area contributed by atoms with Gasteiger partial charge in [0.15, 0.2) is 0 Å². The van der Waals surface area contributed by atoms with E-state index in [9.17, 15) is 4.79 Å². The number of nitrogens with zero attached hydrogens (tertiary/aromatic N) is 2. The second kappa shape index (κ2) is 5.50. The lowest BCUT2D eigenvalue weighted by atomic mass is 9.81. The molecule has 2 aromatic carbocycles. The Balaban J connectivity index is 1.71. The SMILES string of the molecule is CN(C)[C@@H]1Cc2cccc3c2[C@H](C1)CN3C(=O)c1ccccc1. The molecule has 0 unspecified atom stereocenters. The van der Waals surface area contributed by atoms with Crippen molar-refractivity contribution < 1.29 is 4.79 Å². The van der Waals surface area contributed by atoms with Crippen LogP contribution in [0.4, 0.5) is 5.69 Å². The number of carbonyl (C=O) groups is 1. The standard InChI is InChI=1S/C20H22N2O/c1-21(2)17-11-15-9-6-10-18-19(15)16(12-17)13-22(18)20(23)14-7-4-3-5-8-14/h3-10,16-17H,11-13H2,1-2H3/t16-,17-/m1/s1. The van der Waals surface area contributed by atoms with E-state index in [0.717, 1.165) is 30.6 Å². The van der Waals surface area contributed by atoms with Crippen LogP contribution in [0.25, 0.3) is 0 Å². The van der Waals surface area contributed by atoms with Crippen LogP contribution in [-0.4, -0.2) is 37.5 Å². The molecule has 1 heterocycles. The van der Waals surface area contributed by atoms with Crippen molar-refractivity contribution in [2.45, 2.75) is 24.8 Å².